The summed E-state index contributed by atoms with van der Waals surface area (Å²) in [6, 6.07) is 16.4. The molecule has 1 saturated carbocycles. The van der Waals surface area contributed by atoms with Gasteiger partial charge in [-0.25, -0.2) is 4.98 Å². The fraction of sp³-hybridized carbons (Fsp3) is 0.200. The minimum atomic E-state index is -0.427. The second-order valence-corrected chi connectivity index (χ2v) is 8.54. The molecule has 7 heteroatoms. The summed E-state index contributed by atoms with van der Waals surface area (Å²) in [7, 11) is 1.49. The number of fused-ring (bicyclic) bond motifs is 1. The minimum absolute atomic E-state index is 0.109. The topological polar surface area (TPSA) is 91.7 Å². The van der Waals surface area contributed by atoms with E-state index >= 15 is 0 Å². The van der Waals surface area contributed by atoms with Crippen LogP contribution in [0.25, 0.3) is 22.5 Å². The van der Waals surface area contributed by atoms with Crippen LogP contribution in [0, 0.1) is 0 Å². The summed E-state index contributed by atoms with van der Waals surface area (Å²) in [5.74, 6) is -0.326. The van der Waals surface area contributed by atoms with Crippen LogP contribution in [0.5, 0.6) is 5.88 Å². The highest BCUT2D eigenvalue weighted by Gasteiger charge is 2.43. The number of nitrogens with zero attached hydrogens (tertiary/aromatic N) is 1. The maximum absolute atomic E-state index is 12.7. The second-order valence-electron chi connectivity index (χ2n) is 8.14. The van der Waals surface area contributed by atoms with Gasteiger partial charge in [0.25, 0.3) is 5.91 Å². The van der Waals surface area contributed by atoms with Gasteiger partial charge in [-0.1, -0.05) is 41.9 Å². The average Bonchev–Trinajstić information content (AvgIpc) is 3.55. The van der Waals surface area contributed by atoms with Crippen LogP contribution < -0.4 is 10.1 Å². The number of nitrogens with one attached hydrogen (secondary N) is 1. The molecule has 1 aliphatic carbocycles. The fourth-order valence-electron chi connectivity index (χ4n) is 4.13. The third kappa shape index (κ3) is 3.32. The third-order valence-electron chi connectivity index (χ3n) is 6.23. The number of aromatic nitrogens is 1. The molecule has 0 bridgehead atoms. The van der Waals surface area contributed by atoms with E-state index in [0.29, 0.717) is 22.2 Å². The van der Waals surface area contributed by atoms with Crippen molar-refractivity contribution in [2.75, 3.05) is 19.0 Å². The van der Waals surface area contributed by atoms with Gasteiger partial charge in [0.15, 0.2) is 5.76 Å². The fourth-order valence-corrected chi connectivity index (χ4v) is 4.40. The number of ether oxygens (including phenoxy) is 1. The van der Waals surface area contributed by atoms with Crippen LogP contribution in [0.3, 0.4) is 0 Å². The molecule has 162 valence electrons. The van der Waals surface area contributed by atoms with Crippen molar-refractivity contribution < 1.29 is 19.7 Å². The minimum Gasteiger partial charge on any atom is -0.505 e. The summed E-state index contributed by atoms with van der Waals surface area (Å²) in [5, 5.41) is 23.8. The SMILES string of the molecule is COc1cccc(C(O)=C2C(=O)Nc3cc(Cl)c(-c4ccc(C5(CO)CC5)cc4)cc32)n1. The summed E-state index contributed by atoms with van der Waals surface area (Å²) >= 11 is 6.54. The van der Waals surface area contributed by atoms with Gasteiger partial charge in [-0.05, 0) is 42.2 Å². The Kier molecular flexibility index (Phi) is 4.92. The van der Waals surface area contributed by atoms with Crippen molar-refractivity contribution in [3.63, 3.8) is 0 Å². The summed E-state index contributed by atoms with van der Waals surface area (Å²) in [6.45, 7) is 0.144. The van der Waals surface area contributed by atoms with E-state index in [-0.39, 0.29) is 29.0 Å². The van der Waals surface area contributed by atoms with Gasteiger partial charge in [-0.15, -0.1) is 0 Å². The Morgan fingerprint density at radius 1 is 1.16 bits per heavy atom. The zero-order chi connectivity index (χ0) is 22.5. The predicted octanol–water partition coefficient (Wildman–Crippen LogP) is 4.81. The molecular formula is C25H21ClN2O4. The molecule has 0 atom stereocenters. The molecule has 1 aromatic heterocycles. The average molecular weight is 449 g/mol. The van der Waals surface area contributed by atoms with E-state index in [1.165, 1.54) is 7.11 Å². The van der Waals surface area contributed by atoms with Gasteiger partial charge in [-0.3, -0.25) is 4.79 Å². The molecule has 5 rings (SSSR count). The molecule has 2 aliphatic rings. The van der Waals surface area contributed by atoms with Crippen molar-refractivity contribution in [1.29, 1.82) is 0 Å². The van der Waals surface area contributed by atoms with Gasteiger partial charge in [-0.2, -0.15) is 0 Å². The Morgan fingerprint density at radius 2 is 1.91 bits per heavy atom. The number of pyridine rings is 1. The molecule has 0 saturated heterocycles. The van der Waals surface area contributed by atoms with Crippen LogP contribution in [-0.4, -0.2) is 34.8 Å². The molecule has 2 aromatic carbocycles. The van der Waals surface area contributed by atoms with E-state index in [2.05, 4.69) is 10.3 Å². The second kappa shape index (κ2) is 7.65. The normalized spacial score (nSPS) is 17.5. The van der Waals surface area contributed by atoms with Gasteiger partial charge >= 0.3 is 0 Å². The van der Waals surface area contributed by atoms with Gasteiger partial charge in [0.2, 0.25) is 5.88 Å². The molecule has 1 aliphatic heterocycles. The van der Waals surface area contributed by atoms with Crippen molar-refractivity contribution in [3.05, 3.63) is 76.4 Å². The van der Waals surface area contributed by atoms with E-state index < -0.39 is 5.91 Å². The first-order valence-electron chi connectivity index (χ1n) is 10.3. The Balaban J connectivity index is 1.58. The van der Waals surface area contributed by atoms with E-state index in [1.807, 2.05) is 24.3 Å². The Hall–Kier alpha value is -3.35. The lowest BCUT2D eigenvalue weighted by Crippen LogP contribution is -2.11. The van der Waals surface area contributed by atoms with Crippen molar-refractivity contribution >= 4 is 34.5 Å². The van der Waals surface area contributed by atoms with Crippen molar-refractivity contribution in [3.8, 4) is 17.0 Å². The van der Waals surface area contributed by atoms with E-state index in [4.69, 9.17) is 16.3 Å². The number of hydrogen-bond donors (Lipinski definition) is 3. The van der Waals surface area contributed by atoms with Crippen molar-refractivity contribution in [1.82, 2.24) is 4.98 Å². The quantitative estimate of drug-likeness (QED) is 0.384. The summed E-state index contributed by atoms with van der Waals surface area (Å²) in [6.07, 6.45) is 1.98. The smallest absolute Gasteiger partial charge is 0.260 e. The van der Waals surface area contributed by atoms with Gasteiger partial charge in [0, 0.05) is 22.6 Å². The van der Waals surface area contributed by atoms with Crippen LogP contribution in [0.4, 0.5) is 5.69 Å². The molecule has 1 fully saturated rings. The Bertz CT molecular complexity index is 1260. The lowest BCUT2D eigenvalue weighted by Gasteiger charge is -2.14. The number of aliphatic hydroxyl groups excluding tert-OH is 2. The van der Waals surface area contributed by atoms with Crippen molar-refractivity contribution in [2.24, 2.45) is 0 Å². The number of benzene rings is 2. The Labute approximate surface area is 190 Å². The summed E-state index contributed by atoms with van der Waals surface area (Å²) in [5.41, 5.74) is 4.08. The van der Waals surface area contributed by atoms with E-state index in [0.717, 1.165) is 29.5 Å². The molecule has 3 N–H and O–H groups in total. The lowest BCUT2D eigenvalue weighted by molar-refractivity contribution is -0.110. The molecule has 3 aromatic rings. The van der Waals surface area contributed by atoms with Crippen molar-refractivity contribution in [2.45, 2.75) is 18.3 Å². The molecule has 32 heavy (non-hydrogen) atoms. The van der Waals surface area contributed by atoms with Crippen LogP contribution >= 0.6 is 11.6 Å². The number of anilines is 1. The lowest BCUT2D eigenvalue weighted by atomic mass is 9.93. The van der Waals surface area contributed by atoms with Crippen LogP contribution in [0.1, 0.15) is 29.7 Å². The van der Waals surface area contributed by atoms with Crippen LogP contribution in [0.2, 0.25) is 5.02 Å². The Morgan fingerprint density at radius 3 is 2.56 bits per heavy atom. The first kappa shape index (κ1) is 20.5. The number of methoxy groups -OCH3 is 1. The van der Waals surface area contributed by atoms with Crippen LogP contribution in [0.15, 0.2) is 54.6 Å². The first-order chi connectivity index (χ1) is 15.5. The first-order valence-corrected chi connectivity index (χ1v) is 10.7. The zero-order valence-corrected chi connectivity index (χ0v) is 18.1. The number of hydrogen-bond acceptors (Lipinski definition) is 5. The number of rotatable bonds is 5. The molecule has 0 radical (unpaired) electrons. The molecule has 0 spiro atoms. The van der Waals surface area contributed by atoms with E-state index in [9.17, 15) is 15.0 Å². The number of carbonyl (C=O) groups excluding carboxylic acids is 1. The highest BCUT2D eigenvalue weighted by molar-refractivity contribution is 6.38. The largest absolute Gasteiger partial charge is 0.505 e. The molecular weight excluding hydrogens is 428 g/mol. The van der Waals surface area contributed by atoms with Crippen LogP contribution in [-0.2, 0) is 10.2 Å². The highest BCUT2D eigenvalue weighted by atomic mass is 35.5. The van der Waals surface area contributed by atoms with Gasteiger partial charge in [0.05, 0.1) is 30.0 Å². The zero-order valence-electron chi connectivity index (χ0n) is 17.4. The van der Waals surface area contributed by atoms with E-state index in [1.54, 1.807) is 30.3 Å². The monoisotopic (exact) mass is 448 g/mol. The maximum Gasteiger partial charge on any atom is 0.260 e. The standard InChI is InChI=1S/C25H21ClN2O4/c1-32-21-4-2-3-19(27-21)23(30)22-17-11-16(18(26)12-20(17)28-24(22)31)14-5-7-15(8-6-14)25(13-29)9-10-25/h2-8,11-12,29-30H,9-10,13H2,1H3,(H,28,31). The third-order valence-corrected chi connectivity index (χ3v) is 6.54. The summed E-state index contributed by atoms with van der Waals surface area (Å²) < 4.78 is 5.12. The number of carbonyl (C=O) groups is 1. The van der Waals surface area contributed by atoms with Gasteiger partial charge < -0.3 is 20.3 Å². The molecule has 0 unspecified atom stereocenters. The molecule has 2 heterocycles. The number of halogens is 1. The predicted molar refractivity (Wildman–Crippen MR) is 124 cm³/mol. The van der Waals surface area contributed by atoms with Gasteiger partial charge in [0.1, 0.15) is 5.69 Å². The molecule has 6 nitrogen and oxygen atoms in total. The molecule has 1 amide bonds. The summed E-state index contributed by atoms with van der Waals surface area (Å²) in [4.78, 5) is 16.9. The maximum atomic E-state index is 12.7. The number of amides is 1. The number of aliphatic hydroxyl groups is 2. The highest BCUT2D eigenvalue weighted by Crippen LogP contribution is 2.48.